The molecule has 1 fully saturated rings. The molecule has 0 heterocycles. The Hall–Kier alpha value is -0.610. The second-order valence-electron chi connectivity index (χ2n) is 5.24. The minimum Gasteiger partial charge on any atom is -0.381 e. The Morgan fingerprint density at radius 3 is 2.69 bits per heavy atom. The van der Waals surface area contributed by atoms with Crippen molar-refractivity contribution in [3.63, 3.8) is 0 Å². The molecule has 4 nitrogen and oxygen atoms in total. The smallest absolute Gasteiger partial charge is 0.237 e. The maximum absolute atomic E-state index is 11.7. The summed E-state index contributed by atoms with van der Waals surface area (Å²) in [5.41, 5.74) is 5.78. The molecule has 1 rings (SSSR count). The van der Waals surface area contributed by atoms with E-state index in [4.69, 9.17) is 10.5 Å². The normalized spacial score (nSPS) is 29.3. The lowest BCUT2D eigenvalue weighted by atomic mass is 9.64. The highest BCUT2D eigenvalue weighted by Crippen LogP contribution is 2.42. The van der Waals surface area contributed by atoms with Gasteiger partial charge in [-0.2, -0.15) is 0 Å². The van der Waals surface area contributed by atoms with Crippen molar-refractivity contribution in [2.24, 2.45) is 11.1 Å². The fraction of sp³-hybridized carbons (Fsp3) is 0.917. The minimum atomic E-state index is -0.373. The van der Waals surface area contributed by atoms with Gasteiger partial charge in [-0.3, -0.25) is 4.79 Å². The Labute approximate surface area is 97.9 Å². The van der Waals surface area contributed by atoms with E-state index >= 15 is 0 Å². The van der Waals surface area contributed by atoms with E-state index in [1.807, 2.05) is 6.92 Å². The van der Waals surface area contributed by atoms with E-state index in [-0.39, 0.29) is 29.5 Å². The number of methoxy groups -OCH3 is 1. The van der Waals surface area contributed by atoms with Gasteiger partial charge in [0.15, 0.2) is 0 Å². The number of ether oxygens (including phenoxy) is 1. The Morgan fingerprint density at radius 2 is 2.25 bits per heavy atom. The zero-order valence-electron chi connectivity index (χ0n) is 10.7. The summed E-state index contributed by atoms with van der Waals surface area (Å²) < 4.78 is 5.34. The summed E-state index contributed by atoms with van der Waals surface area (Å²) in [6, 6.07) is -0.185. The Bertz CT molecular complexity index is 253. The Balaban J connectivity index is 2.42. The first-order chi connectivity index (χ1) is 7.43. The number of nitrogens with one attached hydrogen (secondary N) is 1. The molecule has 0 aromatic heterocycles. The summed E-state index contributed by atoms with van der Waals surface area (Å²) in [5, 5.41) is 3.01. The first-order valence-corrected chi connectivity index (χ1v) is 6.02. The zero-order chi connectivity index (χ0) is 12.3. The third-order valence-electron chi connectivity index (χ3n) is 3.72. The van der Waals surface area contributed by atoms with E-state index in [0.717, 1.165) is 19.3 Å². The van der Waals surface area contributed by atoms with E-state index in [0.29, 0.717) is 0 Å². The zero-order valence-corrected chi connectivity index (χ0v) is 10.7. The van der Waals surface area contributed by atoms with Crippen LogP contribution >= 0.6 is 0 Å². The predicted molar refractivity (Wildman–Crippen MR) is 64.0 cm³/mol. The molecule has 1 aliphatic carbocycles. The molecule has 0 saturated heterocycles. The monoisotopic (exact) mass is 228 g/mol. The molecule has 0 aliphatic heterocycles. The molecule has 3 atom stereocenters. The van der Waals surface area contributed by atoms with Crippen molar-refractivity contribution in [1.82, 2.24) is 5.32 Å². The SMILES string of the molecule is CCC[C@@H](N)C(=O)NC1CC(OC)C1(C)C. The highest BCUT2D eigenvalue weighted by molar-refractivity contribution is 5.81. The van der Waals surface area contributed by atoms with E-state index in [2.05, 4.69) is 19.2 Å². The van der Waals surface area contributed by atoms with Gasteiger partial charge in [-0.15, -0.1) is 0 Å². The summed E-state index contributed by atoms with van der Waals surface area (Å²) in [5.74, 6) is -0.0329. The molecule has 16 heavy (non-hydrogen) atoms. The largest absolute Gasteiger partial charge is 0.381 e. The van der Waals surface area contributed by atoms with E-state index in [1.54, 1.807) is 7.11 Å². The van der Waals surface area contributed by atoms with Crippen LogP contribution in [-0.4, -0.2) is 31.2 Å². The third kappa shape index (κ3) is 2.55. The van der Waals surface area contributed by atoms with Gasteiger partial charge in [-0.1, -0.05) is 27.2 Å². The van der Waals surface area contributed by atoms with Crippen molar-refractivity contribution in [2.75, 3.05) is 7.11 Å². The summed E-state index contributed by atoms with van der Waals surface area (Å²) in [7, 11) is 1.72. The van der Waals surface area contributed by atoms with Gasteiger partial charge < -0.3 is 15.8 Å². The molecule has 1 amide bonds. The van der Waals surface area contributed by atoms with E-state index in [9.17, 15) is 4.79 Å². The van der Waals surface area contributed by atoms with Crippen LogP contribution in [0.5, 0.6) is 0 Å². The molecule has 0 bridgehead atoms. The molecule has 2 unspecified atom stereocenters. The number of amides is 1. The number of carbonyl (C=O) groups excluding carboxylic acids is 1. The highest BCUT2D eigenvalue weighted by atomic mass is 16.5. The summed E-state index contributed by atoms with van der Waals surface area (Å²) >= 11 is 0. The molecule has 0 radical (unpaired) electrons. The van der Waals surface area contributed by atoms with Crippen LogP contribution in [0.25, 0.3) is 0 Å². The lowest BCUT2D eigenvalue weighted by molar-refractivity contribution is -0.133. The van der Waals surface area contributed by atoms with Crippen LogP contribution in [-0.2, 0) is 9.53 Å². The number of carbonyl (C=O) groups is 1. The third-order valence-corrected chi connectivity index (χ3v) is 3.72. The molecule has 0 spiro atoms. The summed E-state index contributed by atoms with van der Waals surface area (Å²) in [6.07, 6.45) is 2.80. The minimum absolute atomic E-state index is 0.0103. The van der Waals surface area contributed by atoms with Crippen molar-refractivity contribution in [3.05, 3.63) is 0 Å². The van der Waals surface area contributed by atoms with Crippen molar-refractivity contribution in [1.29, 1.82) is 0 Å². The lowest BCUT2D eigenvalue weighted by Crippen LogP contribution is -2.63. The van der Waals surface area contributed by atoms with Crippen LogP contribution in [0.1, 0.15) is 40.0 Å². The first-order valence-electron chi connectivity index (χ1n) is 6.02. The van der Waals surface area contributed by atoms with Crippen molar-refractivity contribution < 1.29 is 9.53 Å². The van der Waals surface area contributed by atoms with Crippen LogP contribution in [0.15, 0.2) is 0 Å². The quantitative estimate of drug-likeness (QED) is 0.739. The highest BCUT2D eigenvalue weighted by Gasteiger charge is 2.49. The average molecular weight is 228 g/mol. The van der Waals surface area contributed by atoms with Gasteiger partial charge in [0.25, 0.3) is 0 Å². The van der Waals surface area contributed by atoms with E-state index < -0.39 is 0 Å². The van der Waals surface area contributed by atoms with Gasteiger partial charge in [0.2, 0.25) is 5.91 Å². The maximum Gasteiger partial charge on any atom is 0.237 e. The number of hydrogen-bond acceptors (Lipinski definition) is 3. The van der Waals surface area contributed by atoms with Crippen LogP contribution < -0.4 is 11.1 Å². The number of rotatable bonds is 5. The molecule has 3 N–H and O–H groups in total. The molecular weight excluding hydrogens is 204 g/mol. The van der Waals surface area contributed by atoms with Crippen LogP contribution in [0.3, 0.4) is 0 Å². The number of nitrogens with two attached hydrogens (primary N) is 1. The van der Waals surface area contributed by atoms with Gasteiger partial charge in [-0.25, -0.2) is 0 Å². The maximum atomic E-state index is 11.7. The first kappa shape index (κ1) is 13.5. The van der Waals surface area contributed by atoms with Crippen LogP contribution in [0.4, 0.5) is 0 Å². The predicted octanol–water partition coefficient (Wildman–Crippen LogP) is 1.04. The van der Waals surface area contributed by atoms with Crippen molar-refractivity contribution in [2.45, 2.75) is 58.2 Å². The van der Waals surface area contributed by atoms with Gasteiger partial charge >= 0.3 is 0 Å². The fourth-order valence-corrected chi connectivity index (χ4v) is 2.25. The molecular formula is C12H24N2O2. The van der Waals surface area contributed by atoms with Crippen LogP contribution in [0.2, 0.25) is 0 Å². The molecule has 94 valence electrons. The lowest BCUT2D eigenvalue weighted by Gasteiger charge is -2.51. The van der Waals surface area contributed by atoms with Gasteiger partial charge in [-0.05, 0) is 12.8 Å². The topological polar surface area (TPSA) is 64.4 Å². The van der Waals surface area contributed by atoms with Gasteiger partial charge in [0, 0.05) is 18.6 Å². The van der Waals surface area contributed by atoms with Crippen molar-refractivity contribution >= 4 is 5.91 Å². The van der Waals surface area contributed by atoms with Gasteiger partial charge in [0.1, 0.15) is 0 Å². The molecule has 1 aliphatic rings. The second-order valence-corrected chi connectivity index (χ2v) is 5.24. The van der Waals surface area contributed by atoms with E-state index in [1.165, 1.54) is 0 Å². The Morgan fingerprint density at radius 1 is 1.62 bits per heavy atom. The standard InChI is InChI=1S/C12H24N2O2/c1-5-6-8(13)11(15)14-9-7-10(16-4)12(9,2)3/h8-10H,5-7,13H2,1-4H3,(H,14,15)/t8-,9?,10?/m1/s1. The number of hydrogen-bond donors (Lipinski definition) is 2. The summed E-state index contributed by atoms with van der Waals surface area (Å²) in [4.78, 5) is 11.7. The molecule has 1 saturated carbocycles. The van der Waals surface area contributed by atoms with Gasteiger partial charge in [0.05, 0.1) is 12.1 Å². The summed E-state index contributed by atoms with van der Waals surface area (Å²) in [6.45, 7) is 6.25. The van der Waals surface area contributed by atoms with Crippen molar-refractivity contribution in [3.8, 4) is 0 Å². The molecule has 4 heteroatoms. The molecule has 0 aromatic carbocycles. The van der Waals surface area contributed by atoms with Crippen LogP contribution in [0, 0.1) is 5.41 Å². The second kappa shape index (κ2) is 5.15. The molecule has 0 aromatic rings. The Kier molecular flexibility index (Phi) is 4.33. The fourth-order valence-electron chi connectivity index (χ4n) is 2.25. The average Bonchev–Trinajstić information content (AvgIpc) is 2.23.